The maximum absolute atomic E-state index is 3.54. The second-order valence-corrected chi connectivity index (χ2v) is 4.40. The summed E-state index contributed by atoms with van der Waals surface area (Å²) < 4.78 is 0. The molecule has 17 heavy (non-hydrogen) atoms. The number of nitrogens with zero attached hydrogens (tertiary/aromatic N) is 1. The highest BCUT2D eigenvalue weighted by molar-refractivity contribution is 5.50. The quantitative estimate of drug-likeness (QED) is 0.689. The molecule has 1 N–H and O–H groups in total. The van der Waals surface area contributed by atoms with Gasteiger partial charge in [0.25, 0.3) is 0 Å². The van der Waals surface area contributed by atoms with Crippen LogP contribution in [-0.2, 0) is 6.54 Å². The lowest BCUT2D eigenvalue weighted by Crippen LogP contribution is -2.22. The lowest BCUT2D eigenvalue weighted by molar-refractivity contribution is 0.296. The molecular weight excluding hydrogens is 208 g/mol. The molecule has 2 nitrogen and oxygen atoms in total. The van der Waals surface area contributed by atoms with Crippen molar-refractivity contribution in [2.45, 2.75) is 40.2 Å². The van der Waals surface area contributed by atoms with Gasteiger partial charge in [0, 0.05) is 18.8 Å². The fraction of sp³-hybridized carbons (Fsp3) is 0.600. The SMILES string of the molecule is CCCCNc1ccccc1CN(CC)CC. The number of para-hydroxylation sites is 1. The van der Waals surface area contributed by atoms with Crippen LogP contribution in [0.1, 0.15) is 39.2 Å². The molecule has 0 aliphatic rings. The molecule has 2 heteroatoms. The van der Waals surface area contributed by atoms with E-state index < -0.39 is 0 Å². The summed E-state index contributed by atoms with van der Waals surface area (Å²) in [5.41, 5.74) is 2.71. The van der Waals surface area contributed by atoms with Gasteiger partial charge >= 0.3 is 0 Å². The van der Waals surface area contributed by atoms with Gasteiger partial charge in [0.1, 0.15) is 0 Å². The first-order valence-corrected chi connectivity index (χ1v) is 6.85. The topological polar surface area (TPSA) is 15.3 Å². The smallest absolute Gasteiger partial charge is 0.0385 e. The van der Waals surface area contributed by atoms with Crippen molar-refractivity contribution in [2.24, 2.45) is 0 Å². The number of benzene rings is 1. The van der Waals surface area contributed by atoms with Gasteiger partial charge in [-0.3, -0.25) is 4.90 Å². The van der Waals surface area contributed by atoms with Crippen LogP contribution in [0.25, 0.3) is 0 Å². The van der Waals surface area contributed by atoms with Crippen molar-refractivity contribution in [1.82, 2.24) is 4.90 Å². The first-order valence-electron chi connectivity index (χ1n) is 6.85. The maximum Gasteiger partial charge on any atom is 0.0385 e. The summed E-state index contributed by atoms with van der Waals surface area (Å²) in [7, 11) is 0. The minimum atomic E-state index is 1.04. The van der Waals surface area contributed by atoms with Gasteiger partial charge in [-0.15, -0.1) is 0 Å². The minimum Gasteiger partial charge on any atom is -0.385 e. The Morgan fingerprint density at radius 3 is 2.41 bits per heavy atom. The van der Waals surface area contributed by atoms with Crippen LogP contribution in [0.3, 0.4) is 0 Å². The van der Waals surface area contributed by atoms with Gasteiger partial charge in [0.05, 0.1) is 0 Å². The van der Waals surface area contributed by atoms with E-state index in [2.05, 4.69) is 55.3 Å². The fourth-order valence-corrected chi connectivity index (χ4v) is 1.92. The number of hydrogen-bond donors (Lipinski definition) is 1. The van der Waals surface area contributed by atoms with Crippen LogP contribution in [-0.4, -0.2) is 24.5 Å². The van der Waals surface area contributed by atoms with Gasteiger partial charge in [-0.1, -0.05) is 45.4 Å². The molecule has 0 fully saturated rings. The highest BCUT2D eigenvalue weighted by Crippen LogP contribution is 2.17. The molecule has 0 aliphatic heterocycles. The molecule has 1 rings (SSSR count). The van der Waals surface area contributed by atoms with Crippen molar-refractivity contribution < 1.29 is 0 Å². The predicted molar refractivity (Wildman–Crippen MR) is 76.5 cm³/mol. The highest BCUT2D eigenvalue weighted by atomic mass is 15.1. The standard InChI is InChI=1S/C15H26N2/c1-4-7-12-16-15-11-9-8-10-14(15)13-17(5-2)6-3/h8-11,16H,4-7,12-13H2,1-3H3. The maximum atomic E-state index is 3.54. The van der Waals surface area contributed by atoms with Gasteiger partial charge < -0.3 is 5.32 Å². The molecule has 0 unspecified atom stereocenters. The van der Waals surface area contributed by atoms with Gasteiger partial charge in [-0.25, -0.2) is 0 Å². The van der Waals surface area contributed by atoms with Crippen LogP contribution in [0.2, 0.25) is 0 Å². The first kappa shape index (κ1) is 14.0. The van der Waals surface area contributed by atoms with Gasteiger partial charge in [-0.05, 0) is 31.1 Å². The van der Waals surface area contributed by atoms with E-state index in [1.165, 1.54) is 24.1 Å². The molecule has 96 valence electrons. The van der Waals surface area contributed by atoms with Gasteiger partial charge in [0.15, 0.2) is 0 Å². The summed E-state index contributed by atoms with van der Waals surface area (Å²) in [6, 6.07) is 8.66. The van der Waals surface area contributed by atoms with E-state index in [9.17, 15) is 0 Å². The summed E-state index contributed by atoms with van der Waals surface area (Å²) in [5.74, 6) is 0. The van der Waals surface area contributed by atoms with E-state index in [1.54, 1.807) is 0 Å². The number of unbranched alkanes of at least 4 members (excludes halogenated alkanes) is 1. The van der Waals surface area contributed by atoms with Crippen molar-refractivity contribution >= 4 is 5.69 Å². The zero-order valence-corrected chi connectivity index (χ0v) is 11.5. The monoisotopic (exact) mass is 234 g/mol. The van der Waals surface area contributed by atoms with Crippen LogP contribution in [0.15, 0.2) is 24.3 Å². The van der Waals surface area contributed by atoms with E-state index >= 15 is 0 Å². The second-order valence-electron chi connectivity index (χ2n) is 4.40. The van der Waals surface area contributed by atoms with Crippen LogP contribution in [0, 0.1) is 0 Å². The van der Waals surface area contributed by atoms with Crippen molar-refractivity contribution in [2.75, 3.05) is 25.0 Å². The molecule has 1 aromatic rings. The van der Waals surface area contributed by atoms with E-state index in [0.717, 1.165) is 26.2 Å². The van der Waals surface area contributed by atoms with Gasteiger partial charge in [0.2, 0.25) is 0 Å². The summed E-state index contributed by atoms with van der Waals surface area (Å²) >= 11 is 0. The van der Waals surface area contributed by atoms with Crippen molar-refractivity contribution in [1.29, 1.82) is 0 Å². The molecule has 0 bridgehead atoms. The number of rotatable bonds is 8. The Balaban J connectivity index is 2.63. The third-order valence-corrected chi connectivity index (χ3v) is 3.15. The molecule has 0 spiro atoms. The molecule has 0 saturated carbocycles. The van der Waals surface area contributed by atoms with Crippen molar-refractivity contribution in [3.05, 3.63) is 29.8 Å². The lowest BCUT2D eigenvalue weighted by atomic mass is 10.1. The molecule has 0 radical (unpaired) electrons. The third kappa shape index (κ3) is 4.78. The predicted octanol–water partition coefficient (Wildman–Crippen LogP) is 3.74. The van der Waals surface area contributed by atoms with E-state index in [-0.39, 0.29) is 0 Å². The lowest BCUT2D eigenvalue weighted by Gasteiger charge is -2.20. The van der Waals surface area contributed by atoms with Crippen molar-refractivity contribution in [3.63, 3.8) is 0 Å². The zero-order chi connectivity index (χ0) is 12.5. The van der Waals surface area contributed by atoms with Crippen molar-refractivity contribution in [3.8, 4) is 0 Å². The fourth-order valence-electron chi connectivity index (χ4n) is 1.92. The average molecular weight is 234 g/mol. The Morgan fingerprint density at radius 1 is 1.06 bits per heavy atom. The van der Waals surface area contributed by atoms with Crippen LogP contribution in [0.4, 0.5) is 5.69 Å². The Bertz CT molecular complexity index is 306. The van der Waals surface area contributed by atoms with E-state index in [4.69, 9.17) is 0 Å². The Labute approximate surface area is 106 Å². The summed E-state index contributed by atoms with van der Waals surface area (Å²) in [4.78, 5) is 2.44. The molecular formula is C15H26N2. The summed E-state index contributed by atoms with van der Waals surface area (Å²) in [6.45, 7) is 11.0. The third-order valence-electron chi connectivity index (χ3n) is 3.15. The van der Waals surface area contributed by atoms with Gasteiger partial charge in [-0.2, -0.15) is 0 Å². The van der Waals surface area contributed by atoms with Crippen LogP contribution in [0.5, 0.6) is 0 Å². The molecule has 0 aliphatic carbocycles. The largest absolute Gasteiger partial charge is 0.385 e. The molecule has 0 atom stereocenters. The molecule has 0 amide bonds. The Hall–Kier alpha value is -1.02. The number of nitrogens with one attached hydrogen (secondary N) is 1. The number of hydrogen-bond acceptors (Lipinski definition) is 2. The molecule has 0 saturated heterocycles. The molecule has 0 heterocycles. The zero-order valence-electron chi connectivity index (χ0n) is 11.5. The average Bonchev–Trinajstić information content (AvgIpc) is 2.38. The first-order chi connectivity index (χ1) is 8.31. The minimum absolute atomic E-state index is 1.04. The summed E-state index contributed by atoms with van der Waals surface area (Å²) in [5, 5.41) is 3.54. The number of anilines is 1. The highest BCUT2D eigenvalue weighted by Gasteiger charge is 2.05. The van der Waals surface area contributed by atoms with Crippen LogP contribution >= 0.6 is 0 Å². The van der Waals surface area contributed by atoms with E-state index in [1.807, 2.05) is 0 Å². The Morgan fingerprint density at radius 2 is 1.76 bits per heavy atom. The molecule has 1 aromatic carbocycles. The van der Waals surface area contributed by atoms with E-state index in [0.29, 0.717) is 0 Å². The molecule has 0 aromatic heterocycles. The normalized spacial score (nSPS) is 10.8. The second kappa shape index (κ2) is 8.13. The van der Waals surface area contributed by atoms with Crippen LogP contribution < -0.4 is 5.32 Å². The summed E-state index contributed by atoms with van der Waals surface area (Å²) in [6.07, 6.45) is 2.48. The Kier molecular flexibility index (Phi) is 6.71.